The molecule has 0 atom stereocenters. The first kappa shape index (κ1) is 24.4. The Hall–Kier alpha value is -3.21. The van der Waals surface area contributed by atoms with E-state index in [2.05, 4.69) is 13.2 Å². The van der Waals surface area contributed by atoms with Crippen molar-refractivity contribution in [1.82, 2.24) is 0 Å². The van der Waals surface area contributed by atoms with Gasteiger partial charge in [-0.05, 0) is 79.4 Å². The molecule has 0 heterocycles. The molecule has 1 fully saturated rings. The number of phenolic OH excluding ortho intramolecular Hbond substituents is 1. The van der Waals surface area contributed by atoms with Crippen LogP contribution in [0, 0.1) is 17.6 Å². The SMILES string of the molecule is C=C(/C=C/C1CCC(c2ccc(-c3ccc(O)cc3)c(F)c2F)CC1)/C=C(/F)C(=C)OCC. The fourth-order valence-corrected chi connectivity index (χ4v) is 4.16. The van der Waals surface area contributed by atoms with Gasteiger partial charge in [-0.25, -0.2) is 13.2 Å². The summed E-state index contributed by atoms with van der Waals surface area (Å²) in [7, 11) is 0. The van der Waals surface area contributed by atoms with E-state index in [-0.39, 0.29) is 28.9 Å². The minimum atomic E-state index is -0.862. The molecule has 0 aliphatic heterocycles. The second kappa shape index (κ2) is 11.1. The van der Waals surface area contributed by atoms with Crippen molar-refractivity contribution in [3.05, 3.63) is 102 Å². The molecule has 0 amide bonds. The van der Waals surface area contributed by atoms with Crippen molar-refractivity contribution in [3.63, 3.8) is 0 Å². The van der Waals surface area contributed by atoms with Gasteiger partial charge in [-0.15, -0.1) is 0 Å². The minimum absolute atomic E-state index is 0.0155. The van der Waals surface area contributed by atoms with Crippen LogP contribution in [0.25, 0.3) is 11.1 Å². The molecule has 5 heteroatoms. The zero-order valence-electron chi connectivity index (χ0n) is 18.8. The smallest absolute Gasteiger partial charge is 0.166 e. The van der Waals surface area contributed by atoms with Crippen LogP contribution < -0.4 is 0 Å². The Morgan fingerprint density at radius 1 is 1.03 bits per heavy atom. The summed E-state index contributed by atoms with van der Waals surface area (Å²) in [4.78, 5) is 0. The van der Waals surface area contributed by atoms with E-state index in [0.717, 1.165) is 25.7 Å². The number of benzene rings is 2. The molecule has 174 valence electrons. The van der Waals surface area contributed by atoms with Gasteiger partial charge in [-0.1, -0.05) is 49.6 Å². The number of hydrogen-bond donors (Lipinski definition) is 1. The fraction of sp³-hybridized carbons (Fsp3) is 0.286. The van der Waals surface area contributed by atoms with E-state index in [0.29, 0.717) is 23.3 Å². The molecule has 0 saturated heterocycles. The van der Waals surface area contributed by atoms with Crippen molar-refractivity contribution in [2.45, 2.75) is 38.5 Å². The molecule has 33 heavy (non-hydrogen) atoms. The predicted molar refractivity (Wildman–Crippen MR) is 126 cm³/mol. The van der Waals surface area contributed by atoms with Gasteiger partial charge < -0.3 is 9.84 Å². The summed E-state index contributed by atoms with van der Waals surface area (Å²) in [5.74, 6) is -1.94. The second-order valence-electron chi connectivity index (χ2n) is 8.27. The molecule has 0 unspecified atom stereocenters. The molecule has 0 bridgehead atoms. The molecule has 1 saturated carbocycles. The standard InChI is InChI=1S/C28H29F3O2/c1-4-33-19(3)26(29)17-18(2)5-6-20-7-9-21(10-8-20)24-15-16-25(28(31)27(24)30)22-11-13-23(32)14-12-22/h5-6,11-17,20-21,32H,2-4,7-10H2,1H3/b6-5+,26-17+. The molecular formula is C28H29F3O2. The zero-order chi connectivity index (χ0) is 24.0. The van der Waals surface area contributed by atoms with Crippen LogP contribution in [0.5, 0.6) is 5.75 Å². The normalized spacial score (nSPS) is 19.0. The summed E-state index contributed by atoms with van der Waals surface area (Å²) in [5, 5.41) is 9.41. The number of phenols is 1. The Labute approximate surface area is 193 Å². The molecule has 3 rings (SSSR count). The highest BCUT2D eigenvalue weighted by molar-refractivity contribution is 5.65. The van der Waals surface area contributed by atoms with Gasteiger partial charge in [-0.2, -0.15) is 0 Å². The van der Waals surface area contributed by atoms with E-state index in [1.807, 2.05) is 6.08 Å². The highest BCUT2D eigenvalue weighted by atomic mass is 19.2. The minimum Gasteiger partial charge on any atom is -0.508 e. The predicted octanol–water partition coefficient (Wildman–Crippen LogP) is 8.13. The summed E-state index contributed by atoms with van der Waals surface area (Å²) in [6.45, 7) is 9.46. The van der Waals surface area contributed by atoms with Gasteiger partial charge in [0.2, 0.25) is 0 Å². The van der Waals surface area contributed by atoms with Crippen LogP contribution in [-0.4, -0.2) is 11.7 Å². The zero-order valence-corrected chi connectivity index (χ0v) is 18.8. The lowest BCUT2D eigenvalue weighted by Gasteiger charge is -2.27. The van der Waals surface area contributed by atoms with Gasteiger partial charge in [0.25, 0.3) is 0 Å². The van der Waals surface area contributed by atoms with Gasteiger partial charge in [0, 0.05) is 5.56 Å². The van der Waals surface area contributed by atoms with Crippen LogP contribution >= 0.6 is 0 Å². The van der Waals surface area contributed by atoms with E-state index in [4.69, 9.17) is 4.74 Å². The molecule has 0 radical (unpaired) electrons. The summed E-state index contributed by atoms with van der Waals surface area (Å²) in [6, 6.07) is 9.29. The van der Waals surface area contributed by atoms with Crippen LogP contribution in [0.4, 0.5) is 13.2 Å². The molecule has 0 spiro atoms. The Morgan fingerprint density at radius 3 is 2.33 bits per heavy atom. The Morgan fingerprint density at radius 2 is 1.70 bits per heavy atom. The molecule has 1 N–H and O–H groups in total. The topological polar surface area (TPSA) is 29.5 Å². The lowest BCUT2D eigenvalue weighted by Crippen LogP contribution is -2.13. The highest BCUT2D eigenvalue weighted by Gasteiger charge is 2.25. The number of aromatic hydroxyl groups is 1. The van der Waals surface area contributed by atoms with E-state index in [1.165, 1.54) is 18.2 Å². The third-order valence-corrected chi connectivity index (χ3v) is 5.98. The van der Waals surface area contributed by atoms with Crippen molar-refractivity contribution in [2.24, 2.45) is 5.92 Å². The second-order valence-corrected chi connectivity index (χ2v) is 8.27. The summed E-state index contributed by atoms with van der Waals surface area (Å²) in [6.07, 6.45) is 8.19. The van der Waals surface area contributed by atoms with E-state index < -0.39 is 17.5 Å². The van der Waals surface area contributed by atoms with Gasteiger partial charge in [-0.3, -0.25) is 0 Å². The largest absolute Gasteiger partial charge is 0.508 e. The van der Waals surface area contributed by atoms with Crippen LogP contribution in [0.3, 0.4) is 0 Å². The first-order chi connectivity index (χ1) is 15.8. The number of rotatable bonds is 8. The van der Waals surface area contributed by atoms with Crippen molar-refractivity contribution in [2.75, 3.05) is 6.61 Å². The molecule has 0 aromatic heterocycles. The Balaban J connectivity index is 1.62. The van der Waals surface area contributed by atoms with E-state index in [9.17, 15) is 18.3 Å². The summed E-state index contributed by atoms with van der Waals surface area (Å²) >= 11 is 0. The van der Waals surface area contributed by atoms with Crippen LogP contribution in [0.15, 0.2) is 84.9 Å². The fourth-order valence-electron chi connectivity index (χ4n) is 4.16. The molecule has 1 aliphatic rings. The summed E-state index contributed by atoms with van der Waals surface area (Å²) < 4.78 is 48.6. The highest BCUT2D eigenvalue weighted by Crippen LogP contribution is 2.39. The van der Waals surface area contributed by atoms with E-state index >= 15 is 0 Å². The van der Waals surface area contributed by atoms with Gasteiger partial charge in [0.15, 0.2) is 17.5 Å². The Bertz CT molecular complexity index is 1060. The number of hydrogen-bond acceptors (Lipinski definition) is 2. The number of halogens is 3. The molecule has 2 aromatic rings. The third kappa shape index (κ3) is 6.19. The lowest BCUT2D eigenvalue weighted by molar-refractivity contribution is 0.226. The van der Waals surface area contributed by atoms with Crippen molar-refractivity contribution < 1.29 is 23.0 Å². The number of allylic oxidation sites excluding steroid dienone is 5. The van der Waals surface area contributed by atoms with Crippen LogP contribution in [0.1, 0.15) is 44.1 Å². The average molecular weight is 455 g/mol. The Kier molecular flexibility index (Phi) is 8.21. The maximum absolute atomic E-state index is 14.9. The lowest BCUT2D eigenvalue weighted by atomic mass is 9.78. The van der Waals surface area contributed by atoms with Crippen molar-refractivity contribution >= 4 is 0 Å². The monoisotopic (exact) mass is 454 g/mol. The molecular weight excluding hydrogens is 425 g/mol. The molecule has 1 aliphatic carbocycles. The summed E-state index contributed by atoms with van der Waals surface area (Å²) in [5.41, 5.74) is 1.61. The molecule has 2 aromatic carbocycles. The molecule has 2 nitrogen and oxygen atoms in total. The van der Waals surface area contributed by atoms with Crippen LogP contribution in [0.2, 0.25) is 0 Å². The van der Waals surface area contributed by atoms with Crippen molar-refractivity contribution in [3.8, 4) is 16.9 Å². The van der Waals surface area contributed by atoms with Crippen LogP contribution in [-0.2, 0) is 4.74 Å². The number of ether oxygens (including phenoxy) is 1. The first-order valence-electron chi connectivity index (χ1n) is 11.1. The maximum atomic E-state index is 14.9. The van der Waals surface area contributed by atoms with Gasteiger partial charge in [0.05, 0.1) is 6.61 Å². The quantitative estimate of drug-likeness (QED) is 0.322. The van der Waals surface area contributed by atoms with E-state index in [1.54, 1.807) is 37.3 Å². The maximum Gasteiger partial charge on any atom is 0.166 e. The third-order valence-electron chi connectivity index (χ3n) is 5.98. The van der Waals surface area contributed by atoms with Gasteiger partial charge in [0.1, 0.15) is 11.5 Å². The van der Waals surface area contributed by atoms with Crippen molar-refractivity contribution in [1.29, 1.82) is 0 Å². The average Bonchev–Trinajstić information content (AvgIpc) is 2.81. The first-order valence-corrected chi connectivity index (χ1v) is 11.1. The van der Waals surface area contributed by atoms with Gasteiger partial charge >= 0.3 is 0 Å².